The van der Waals surface area contributed by atoms with Crippen molar-refractivity contribution in [3.05, 3.63) is 76.7 Å². The molecule has 29 heavy (non-hydrogen) atoms. The van der Waals surface area contributed by atoms with E-state index in [1.54, 1.807) is 29.9 Å². The van der Waals surface area contributed by atoms with E-state index in [2.05, 4.69) is 11.2 Å². The third kappa shape index (κ3) is 4.33. The summed E-state index contributed by atoms with van der Waals surface area (Å²) in [4.78, 5) is 15.0. The summed E-state index contributed by atoms with van der Waals surface area (Å²) in [5.41, 5.74) is 3.11. The minimum Gasteiger partial charge on any atom is -0.336 e. The van der Waals surface area contributed by atoms with Gasteiger partial charge in [0, 0.05) is 41.7 Å². The van der Waals surface area contributed by atoms with Gasteiger partial charge in [-0.25, -0.2) is 4.39 Å². The van der Waals surface area contributed by atoms with Crippen molar-refractivity contribution in [2.75, 3.05) is 18.8 Å². The molecule has 0 spiro atoms. The van der Waals surface area contributed by atoms with Gasteiger partial charge in [0.15, 0.2) is 0 Å². The Morgan fingerprint density at radius 2 is 1.93 bits per heavy atom. The average Bonchev–Trinajstić information content (AvgIpc) is 2.95. The molecule has 0 bridgehead atoms. The highest BCUT2D eigenvalue weighted by Crippen LogP contribution is 2.38. The summed E-state index contributed by atoms with van der Waals surface area (Å²) in [6.45, 7) is 1.35. The highest BCUT2D eigenvalue weighted by Gasteiger charge is 2.26. The zero-order valence-electron chi connectivity index (χ0n) is 16.0. The van der Waals surface area contributed by atoms with Crippen LogP contribution in [0, 0.1) is 5.82 Å². The van der Waals surface area contributed by atoms with Crippen molar-refractivity contribution in [1.29, 1.82) is 0 Å². The molecule has 4 nitrogen and oxygen atoms in total. The molecule has 2 heterocycles. The Morgan fingerprint density at radius 1 is 1.17 bits per heavy atom. The lowest BCUT2D eigenvalue weighted by atomic mass is 10.1. The molecule has 1 unspecified atom stereocenters. The van der Waals surface area contributed by atoms with Crippen LogP contribution in [0.3, 0.4) is 0 Å². The predicted octanol–water partition coefficient (Wildman–Crippen LogP) is 5.20. The maximum Gasteiger partial charge on any atom is 0.272 e. The van der Waals surface area contributed by atoms with Crippen LogP contribution in [0.15, 0.2) is 54.6 Å². The van der Waals surface area contributed by atoms with Crippen LogP contribution in [-0.4, -0.2) is 39.4 Å². The van der Waals surface area contributed by atoms with E-state index in [1.807, 2.05) is 34.9 Å². The van der Waals surface area contributed by atoms with Crippen molar-refractivity contribution in [2.45, 2.75) is 11.7 Å². The number of carbonyl (C=O) groups is 1. The van der Waals surface area contributed by atoms with Crippen molar-refractivity contribution in [1.82, 2.24) is 14.7 Å². The van der Waals surface area contributed by atoms with E-state index in [0.717, 1.165) is 28.3 Å². The molecule has 0 N–H and O–H groups in total. The van der Waals surface area contributed by atoms with Gasteiger partial charge in [-0.2, -0.15) is 16.9 Å². The van der Waals surface area contributed by atoms with Crippen molar-refractivity contribution in [3.63, 3.8) is 0 Å². The smallest absolute Gasteiger partial charge is 0.272 e. The average molecular weight is 430 g/mol. The van der Waals surface area contributed by atoms with Gasteiger partial charge in [-0.15, -0.1) is 0 Å². The van der Waals surface area contributed by atoms with Crippen molar-refractivity contribution < 1.29 is 9.18 Å². The first-order valence-corrected chi connectivity index (χ1v) is 10.9. The summed E-state index contributed by atoms with van der Waals surface area (Å²) in [6, 6.07) is 15.8. The van der Waals surface area contributed by atoms with Gasteiger partial charge in [0.25, 0.3) is 5.91 Å². The van der Waals surface area contributed by atoms with E-state index < -0.39 is 0 Å². The van der Waals surface area contributed by atoms with Gasteiger partial charge >= 0.3 is 0 Å². The summed E-state index contributed by atoms with van der Waals surface area (Å²) in [7, 11) is 1.76. The standard InChI is InChI=1S/C22H21ClFN3OS/c1-26-20(14-19(25-26)15-6-8-16(24)9-7-15)22(28)27-11-10-21(29-13-12-27)17-4-2-3-5-18(17)23/h2-9,14,21H,10-13H2,1H3. The number of carbonyl (C=O) groups excluding carboxylic acids is 1. The van der Waals surface area contributed by atoms with Gasteiger partial charge < -0.3 is 4.90 Å². The van der Waals surface area contributed by atoms with Crippen LogP contribution in [0.25, 0.3) is 11.3 Å². The molecular weight excluding hydrogens is 409 g/mol. The van der Waals surface area contributed by atoms with Crippen LogP contribution in [0.4, 0.5) is 4.39 Å². The predicted molar refractivity (Wildman–Crippen MR) is 116 cm³/mol. The molecule has 0 aliphatic carbocycles. The maximum absolute atomic E-state index is 13.2. The van der Waals surface area contributed by atoms with Gasteiger partial charge in [0.1, 0.15) is 11.5 Å². The fourth-order valence-electron chi connectivity index (χ4n) is 3.55. The highest BCUT2D eigenvalue weighted by molar-refractivity contribution is 7.99. The number of halogens is 2. The molecule has 1 atom stereocenters. The zero-order chi connectivity index (χ0) is 20.4. The monoisotopic (exact) mass is 429 g/mol. The topological polar surface area (TPSA) is 38.1 Å². The molecule has 1 saturated heterocycles. The molecule has 1 aromatic heterocycles. The van der Waals surface area contributed by atoms with Gasteiger partial charge in [-0.05, 0) is 48.4 Å². The number of benzene rings is 2. The first kappa shape index (κ1) is 20.0. The van der Waals surface area contributed by atoms with Crippen molar-refractivity contribution in [3.8, 4) is 11.3 Å². The zero-order valence-corrected chi connectivity index (χ0v) is 17.6. The number of aromatic nitrogens is 2. The summed E-state index contributed by atoms with van der Waals surface area (Å²) in [5, 5.41) is 5.51. The minimum absolute atomic E-state index is 0.0335. The Labute approximate surface area is 178 Å². The normalized spacial score (nSPS) is 17.2. The van der Waals surface area contributed by atoms with Crippen LogP contribution in [-0.2, 0) is 7.05 Å². The number of rotatable bonds is 3. The SMILES string of the molecule is Cn1nc(-c2ccc(F)cc2)cc1C(=O)N1CCSC(c2ccccc2Cl)CC1. The third-order valence-corrected chi connectivity index (χ3v) is 6.77. The number of aryl methyl sites for hydroxylation is 1. The molecule has 0 radical (unpaired) electrons. The quantitative estimate of drug-likeness (QED) is 0.574. The highest BCUT2D eigenvalue weighted by atomic mass is 35.5. The third-order valence-electron chi connectivity index (χ3n) is 5.12. The van der Waals surface area contributed by atoms with Gasteiger partial charge in [0.05, 0.1) is 5.69 Å². The molecule has 3 aromatic rings. The Bertz CT molecular complexity index is 1020. The van der Waals surface area contributed by atoms with Crippen LogP contribution in [0.2, 0.25) is 5.02 Å². The molecule has 7 heteroatoms. The second-order valence-electron chi connectivity index (χ2n) is 7.01. The second kappa shape index (κ2) is 8.59. The summed E-state index contributed by atoms with van der Waals surface area (Å²) < 4.78 is 14.8. The number of amides is 1. The maximum atomic E-state index is 13.2. The van der Waals surface area contributed by atoms with Gasteiger partial charge in [0.2, 0.25) is 0 Å². The number of hydrogen-bond acceptors (Lipinski definition) is 3. The van der Waals surface area contributed by atoms with Crippen LogP contribution in [0.5, 0.6) is 0 Å². The van der Waals surface area contributed by atoms with E-state index >= 15 is 0 Å². The van der Waals surface area contributed by atoms with E-state index in [-0.39, 0.29) is 17.0 Å². The molecule has 4 rings (SSSR count). The number of hydrogen-bond donors (Lipinski definition) is 0. The summed E-state index contributed by atoms with van der Waals surface area (Å²) in [5.74, 6) is 0.523. The fraction of sp³-hybridized carbons (Fsp3) is 0.273. The molecule has 1 amide bonds. The van der Waals surface area contributed by atoms with Gasteiger partial charge in [-0.1, -0.05) is 29.8 Å². The summed E-state index contributed by atoms with van der Waals surface area (Å²) in [6.07, 6.45) is 0.850. The minimum atomic E-state index is -0.295. The van der Waals surface area contributed by atoms with Crippen molar-refractivity contribution in [2.24, 2.45) is 7.05 Å². The van der Waals surface area contributed by atoms with E-state index in [1.165, 1.54) is 12.1 Å². The number of thioether (sulfide) groups is 1. The van der Waals surface area contributed by atoms with E-state index in [9.17, 15) is 9.18 Å². The Kier molecular flexibility index (Phi) is 5.92. The van der Waals surface area contributed by atoms with Gasteiger partial charge in [-0.3, -0.25) is 9.48 Å². The molecule has 1 aliphatic heterocycles. The second-order valence-corrected chi connectivity index (χ2v) is 8.72. The lowest BCUT2D eigenvalue weighted by Crippen LogP contribution is -2.34. The molecule has 1 aliphatic rings. The first-order valence-electron chi connectivity index (χ1n) is 9.48. The molecule has 150 valence electrons. The number of nitrogens with zero attached hydrogens (tertiary/aromatic N) is 3. The van der Waals surface area contributed by atoms with Crippen LogP contribution in [0.1, 0.15) is 27.7 Å². The van der Waals surface area contributed by atoms with E-state index in [4.69, 9.17) is 11.6 Å². The Morgan fingerprint density at radius 3 is 2.69 bits per heavy atom. The lowest BCUT2D eigenvalue weighted by Gasteiger charge is -2.20. The Balaban J connectivity index is 1.50. The van der Waals surface area contributed by atoms with Crippen LogP contribution >= 0.6 is 23.4 Å². The molecule has 2 aromatic carbocycles. The molecule has 0 saturated carbocycles. The fourth-order valence-corrected chi connectivity index (χ4v) is 5.15. The van der Waals surface area contributed by atoms with Crippen molar-refractivity contribution >= 4 is 29.3 Å². The van der Waals surface area contributed by atoms with Crippen LogP contribution < -0.4 is 0 Å². The molecular formula is C22H21ClFN3OS. The first-order chi connectivity index (χ1) is 14.0. The lowest BCUT2D eigenvalue weighted by molar-refractivity contribution is 0.0755. The largest absolute Gasteiger partial charge is 0.336 e. The van der Waals surface area contributed by atoms with E-state index in [0.29, 0.717) is 24.5 Å². The Hall–Kier alpha value is -2.31. The summed E-state index contributed by atoms with van der Waals surface area (Å²) >= 11 is 8.21. The molecule has 1 fully saturated rings.